The van der Waals surface area contributed by atoms with Crippen LogP contribution >= 0.6 is 0 Å². The van der Waals surface area contributed by atoms with Gasteiger partial charge in [0.05, 0.1) is 5.56 Å². The largest absolute Gasteiger partial charge is 0.449 e. The summed E-state index contributed by atoms with van der Waals surface area (Å²) in [5, 5.41) is 0. The van der Waals surface area contributed by atoms with Crippen LogP contribution in [-0.2, 0) is 14.3 Å². The number of carbonyl (C=O) groups excluding carboxylic acids is 3. The molecular weight excluding hydrogens is 344 g/mol. The van der Waals surface area contributed by atoms with Gasteiger partial charge in [-0.25, -0.2) is 4.79 Å². The minimum atomic E-state index is -0.819. The van der Waals surface area contributed by atoms with Crippen molar-refractivity contribution >= 4 is 23.5 Å². The Labute approximate surface area is 160 Å². The van der Waals surface area contributed by atoms with Crippen molar-refractivity contribution in [3.8, 4) is 0 Å². The van der Waals surface area contributed by atoms with Crippen LogP contribution in [-0.4, -0.2) is 47.4 Å². The molecule has 1 aromatic rings. The zero-order valence-electron chi connectivity index (χ0n) is 16.3. The fourth-order valence-electron chi connectivity index (χ4n) is 4.04. The van der Waals surface area contributed by atoms with Gasteiger partial charge in [-0.1, -0.05) is 0 Å². The van der Waals surface area contributed by atoms with Crippen molar-refractivity contribution in [3.05, 3.63) is 29.8 Å². The topological polar surface area (TPSA) is 66.9 Å². The lowest BCUT2D eigenvalue weighted by Gasteiger charge is -2.40. The number of carbonyl (C=O) groups is 3. The Bertz CT molecular complexity index is 705. The molecule has 27 heavy (non-hydrogen) atoms. The Hall–Kier alpha value is -2.37. The summed E-state index contributed by atoms with van der Waals surface area (Å²) >= 11 is 0. The Morgan fingerprint density at radius 1 is 1.07 bits per heavy atom. The molecule has 146 valence electrons. The molecule has 2 aliphatic rings. The molecule has 6 heteroatoms. The summed E-state index contributed by atoms with van der Waals surface area (Å²) in [5.74, 6) is -0.552. The Balaban J connectivity index is 1.62. The Morgan fingerprint density at radius 2 is 1.70 bits per heavy atom. The van der Waals surface area contributed by atoms with E-state index < -0.39 is 12.1 Å². The molecule has 0 N–H and O–H groups in total. The van der Waals surface area contributed by atoms with Crippen molar-refractivity contribution in [2.24, 2.45) is 0 Å². The molecule has 2 aliphatic heterocycles. The van der Waals surface area contributed by atoms with Crippen molar-refractivity contribution in [3.63, 3.8) is 0 Å². The summed E-state index contributed by atoms with van der Waals surface area (Å²) in [5.41, 5.74) is 1.17. The minimum Gasteiger partial charge on any atom is -0.449 e. The van der Waals surface area contributed by atoms with Crippen LogP contribution in [0.15, 0.2) is 24.3 Å². The molecule has 1 aromatic carbocycles. The maximum absolute atomic E-state index is 12.8. The average Bonchev–Trinajstić information content (AvgIpc) is 3.07. The Kier molecular flexibility index (Phi) is 5.82. The van der Waals surface area contributed by atoms with Crippen LogP contribution in [0.5, 0.6) is 0 Å². The number of ether oxygens (including phenoxy) is 1. The lowest BCUT2D eigenvalue weighted by Crippen LogP contribution is -2.51. The molecule has 2 saturated heterocycles. The molecule has 0 radical (unpaired) electrons. The lowest BCUT2D eigenvalue weighted by atomic mass is 9.97. The van der Waals surface area contributed by atoms with Gasteiger partial charge < -0.3 is 14.5 Å². The van der Waals surface area contributed by atoms with E-state index in [1.165, 1.54) is 0 Å². The van der Waals surface area contributed by atoms with Crippen LogP contribution in [0.2, 0.25) is 0 Å². The fourth-order valence-corrected chi connectivity index (χ4v) is 4.04. The number of hydrogen-bond donors (Lipinski definition) is 0. The molecule has 0 bridgehead atoms. The van der Waals surface area contributed by atoms with E-state index in [0.717, 1.165) is 31.4 Å². The summed E-state index contributed by atoms with van der Waals surface area (Å²) in [6.45, 7) is 6.42. The molecule has 0 aromatic heterocycles. The van der Waals surface area contributed by atoms with E-state index in [0.29, 0.717) is 18.5 Å². The SMILES string of the molecule is C[C@@H]1CCC[C@H](C)N1C(=O)[C@@H](C)OC(=O)c1ccc(N2CCCC2=O)cc1. The first-order valence-corrected chi connectivity index (χ1v) is 9.82. The van der Waals surface area contributed by atoms with Crippen LogP contribution in [0.4, 0.5) is 5.69 Å². The maximum atomic E-state index is 12.8. The van der Waals surface area contributed by atoms with Gasteiger partial charge >= 0.3 is 5.97 Å². The zero-order valence-corrected chi connectivity index (χ0v) is 16.3. The lowest BCUT2D eigenvalue weighted by molar-refractivity contribution is -0.146. The van der Waals surface area contributed by atoms with Crippen LogP contribution in [0.3, 0.4) is 0 Å². The molecule has 2 amide bonds. The molecular formula is C21H28N2O4. The second kappa shape index (κ2) is 8.11. The Morgan fingerprint density at radius 3 is 2.26 bits per heavy atom. The summed E-state index contributed by atoms with van der Waals surface area (Å²) in [4.78, 5) is 40.6. The molecule has 6 nitrogen and oxygen atoms in total. The number of benzene rings is 1. The van der Waals surface area contributed by atoms with Gasteiger partial charge in [0.1, 0.15) is 0 Å². The summed E-state index contributed by atoms with van der Waals surface area (Å²) < 4.78 is 5.42. The first-order valence-electron chi connectivity index (χ1n) is 9.82. The highest BCUT2D eigenvalue weighted by molar-refractivity contribution is 5.96. The van der Waals surface area contributed by atoms with Gasteiger partial charge in [0.15, 0.2) is 6.10 Å². The number of esters is 1. The second-order valence-corrected chi connectivity index (χ2v) is 7.62. The number of amides is 2. The fraction of sp³-hybridized carbons (Fsp3) is 0.571. The summed E-state index contributed by atoms with van der Waals surface area (Å²) in [6, 6.07) is 7.13. The van der Waals surface area contributed by atoms with Gasteiger partial charge in [0.25, 0.3) is 5.91 Å². The zero-order chi connectivity index (χ0) is 19.6. The van der Waals surface area contributed by atoms with E-state index in [1.807, 2.05) is 18.7 Å². The van der Waals surface area contributed by atoms with Gasteiger partial charge in [0, 0.05) is 30.7 Å². The predicted octanol–water partition coefficient (Wildman–Crippen LogP) is 3.15. The van der Waals surface area contributed by atoms with E-state index in [-0.39, 0.29) is 23.9 Å². The van der Waals surface area contributed by atoms with Crippen LogP contribution in [0.1, 0.15) is 63.2 Å². The van der Waals surface area contributed by atoms with Gasteiger partial charge in [-0.15, -0.1) is 0 Å². The molecule has 3 atom stereocenters. The van der Waals surface area contributed by atoms with Gasteiger partial charge in [0.2, 0.25) is 5.91 Å². The first kappa shape index (κ1) is 19.4. The predicted molar refractivity (Wildman–Crippen MR) is 103 cm³/mol. The van der Waals surface area contributed by atoms with Crippen molar-refractivity contribution in [2.45, 2.75) is 71.1 Å². The van der Waals surface area contributed by atoms with E-state index in [1.54, 1.807) is 36.1 Å². The third kappa shape index (κ3) is 4.15. The van der Waals surface area contributed by atoms with Gasteiger partial charge in [-0.05, 0) is 70.7 Å². The van der Waals surface area contributed by atoms with E-state index in [9.17, 15) is 14.4 Å². The second-order valence-electron chi connectivity index (χ2n) is 7.62. The molecule has 3 rings (SSSR count). The maximum Gasteiger partial charge on any atom is 0.338 e. The number of nitrogens with zero attached hydrogens (tertiary/aromatic N) is 2. The molecule has 2 fully saturated rings. The van der Waals surface area contributed by atoms with Crippen molar-refractivity contribution in [1.29, 1.82) is 0 Å². The number of hydrogen-bond acceptors (Lipinski definition) is 4. The molecule has 0 spiro atoms. The highest BCUT2D eigenvalue weighted by Crippen LogP contribution is 2.25. The third-order valence-corrected chi connectivity index (χ3v) is 5.57. The highest BCUT2D eigenvalue weighted by Gasteiger charge is 2.33. The van der Waals surface area contributed by atoms with Gasteiger partial charge in [-0.2, -0.15) is 0 Å². The molecule has 2 heterocycles. The van der Waals surface area contributed by atoms with Gasteiger partial charge in [-0.3, -0.25) is 9.59 Å². The monoisotopic (exact) mass is 372 g/mol. The molecule has 0 aliphatic carbocycles. The van der Waals surface area contributed by atoms with E-state index in [4.69, 9.17) is 4.74 Å². The van der Waals surface area contributed by atoms with E-state index in [2.05, 4.69) is 0 Å². The van der Waals surface area contributed by atoms with Crippen molar-refractivity contribution < 1.29 is 19.1 Å². The quantitative estimate of drug-likeness (QED) is 0.762. The standard InChI is InChI=1S/C21H28N2O4/c1-14-6-4-7-15(2)23(14)20(25)16(3)27-21(26)17-9-11-18(12-10-17)22-13-5-8-19(22)24/h9-12,14-16H,4-8,13H2,1-3H3/t14-,15+,16-/m1/s1. The number of likely N-dealkylation sites (tertiary alicyclic amines) is 1. The minimum absolute atomic E-state index is 0.106. The van der Waals surface area contributed by atoms with Crippen LogP contribution in [0, 0.1) is 0 Å². The number of rotatable bonds is 4. The van der Waals surface area contributed by atoms with E-state index >= 15 is 0 Å². The smallest absolute Gasteiger partial charge is 0.338 e. The average molecular weight is 372 g/mol. The van der Waals surface area contributed by atoms with Crippen LogP contribution in [0.25, 0.3) is 0 Å². The third-order valence-electron chi connectivity index (χ3n) is 5.57. The number of anilines is 1. The van der Waals surface area contributed by atoms with Crippen molar-refractivity contribution in [2.75, 3.05) is 11.4 Å². The number of piperidine rings is 1. The normalized spacial score (nSPS) is 24.0. The summed E-state index contributed by atoms with van der Waals surface area (Å²) in [6.07, 6.45) is 3.68. The molecule has 0 saturated carbocycles. The van der Waals surface area contributed by atoms with Crippen molar-refractivity contribution in [1.82, 2.24) is 4.90 Å². The molecule has 0 unspecified atom stereocenters. The summed E-state index contributed by atoms with van der Waals surface area (Å²) in [7, 11) is 0. The highest BCUT2D eigenvalue weighted by atomic mass is 16.5. The van der Waals surface area contributed by atoms with Crippen LogP contribution < -0.4 is 4.90 Å². The first-order chi connectivity index (χ1) is 12.9.